The van der Waals surface area contributed by atoms with E-state index < -0.39 is 0 Å². The Labute approximate surface area is 71.5 Å². The van der Waals surface area contributed by atoms with Gasteiger partial charge in [-0.05, 0) is 23.8 Å². The Kier molecular flexibility index (Phi) is 2.77. The molecule has 0 aliphatic rings. The van der Waals surface area contributed by atoms with Gasteiger partial charge in [-0.1, -0.05) is 35.7 Å². The average molecular weight is 163 g/mol. The third kappa shape index (κ3) is 2.14. The summed E-state index contributed by atoms with van der Waals surface area (Å²) in [5, 5.41) is 0.721. The maximum absolute atomic E-state index is 5.84. The molecule has 0 saturated heterocycles. The summed E-state index contributed by atoms with van der Waals surface area (Å²) < 4.78 is 0. The lowest BCUT2D eigenvalue weighted by Crippen LogP contribution is -1.71. The first-order chi connectivity index (χ1) is 5.34. The number of hydrogen-bond donors (Lipinski definition) is 0. The molecule has 0 aromatic heterocycles. The molecular formula is C10H7Cl. The van der Waals surface area contributed by atoms with Crippen molar-refractivity contribution in [1.82, 2.24) is 0 Å². The van der Waals surface area contributed by atoms with E-state index in [4.69, 9.17) is 18.0 Å². The van der Waals surface area contributed by atoms with Gasteiger partial charge in [0.15, 0.2) is 0 Å². The third-order valence-electron chi connectivity index (χ3n) is 1.26. The van der Waals surface area contributed by atoms with Crippen LogP contribution in [-0.4, -0.2) is 0 Å². The molecule has 1 aromatic carbocycles. The van der Waals surface area contributed by atoms with Gasteiger partial charge in [-0.25, -0.2) is 0 Å². The molecule has 0 heterocycles. The van der Waals surface area contributed by atoms with Crippen LogP contribution >= 0.6 is 11.6 Å². The molecular weight excluding hydrogens is 156 g/mol. The summed E-state index contributed by atoms with van der Waals surface area (Å²) in [6, 6.07) is 7.55. The molecule has 1 aromatic rings. The Balaban J connectivity index is 2.97. The Morgan fingerprint density at radius 1 is 1.36 bits per heavy atom. The lowest BCUT2D eigenvalue weighted by atomic mass is 10.2. The molecule has 0 spiro atoms. The van der Waals surface area contributed by atoms with Crippen molar-refractivity contribution in [2.24, 2.45) is 0 Å². The van der Waals surface area contributed by atoms with E-state index in [2.05, 4.69) is 5.92 Å². The Morgan fingerprint density at radius 2 is 2.09 bits per heavy atom. The molecule has 1 rings (SSSR count). The third-order valence-corrected chi connectivity index (χ3v) is 1.61. The van der Waals surface area contributed by atoms with Gasteiger partial charge in [0, 0.05) is 5.02 Å². The lowest BCUT2D eigenvalue weighted by molar-refractivity contribution is 1.66. The molecule has 0 nitrogen and oxygen atoms in total. The largest absolute Gasteiger partial charge is 0.115 e. The number of terminal acetylenes is 1. The van der Waals surface area contributed by atoms with Crippen LogP contribution < -0.4 is 0 Å². The second-order valence-electron chi connectivity index (χ2n) is 2.02. The van der Waals surface area contributed by atoms with Gasteiger partial charge in [0.1, 0.15) is 0 Å². The van der Waals surface area contributed by atoms with Crippen LogP contribution in [0.1, 0.15) is 5.56 Å². The zero-order valence-corrected chi connectivity index (χ0v) is 6.68. The van der Waals surface area contributed by atoms with Crippen molar-refractivity contribution in [3.05, 3.63) is 40.9 Å². The molecule has 0 radical (unpaired) electrons. The average Bonchev–Trinajstić information content (AvgIpc) is 2.03. The van der Waals surface area contributed by atoms with Gasteiger partial charge in [0.25, 0.3) is 0 Å². The SMILES string of the molecule is C#CC=Cc1ccccc1Cl. The highest BCUT2D eigenvalue weighted by Gasteiger charge is 1.90. The molecule has 54 valence electrons. The van der Waals surface area contributed by atoms with Crippen LogP contribution in [0.25, 0.3) is 6.08 Å². The second kappa shape index (κ2) is 3.85. The van der Waals surface area contributed by atoms with Gasteiger partial charge in [0.2, 0.25) is 0 Å². The van der Waals surface area contributed by atoms with E-state index in [0.29, 0.717) is 0 Å². The number of benzene rings is 1. The van der Waals surface area contributed by atoms with Crippen molar-refractivity contribution in [3.8, 4) is 12.3 Å². The molecule has 1 heteroatoms. The summed E-state index contributed by atoms with van der Waals surface area (Å²) in [4.78, 5) is 0. The minimum atomic E-state index is 0.721. The molecule has 0 bridgehead atoms. The number of halogens is 1. The van der Waals surface area contributed by atoms with Crippen molar-refractivity contribution in [1.29, 1.82) is 0 Å². The Bertz CT molecular complexity index is 305. The maximum atomic E-state index is 5.84. The summed E-state index contributed by atoms with van der Waals surface area (Å²) in [5.41, 5.74) is 0.951. The fraction of sp³-hybridized carbons (Fsp3) is 0. The first-order valence-corrected chi connectivity index (χ1v) is 3.59. The first-order valence-electron chi connectivity index (χ1n) is 3.22. The monoisotopic (exact) mass is 162 g/mol. The molecule has 0 saturated carbocycles. The highest BCUT2D eigenvalue weighted by molar-refractivity contribution is 6.32. The fourth-order valence-electron chi connectivity index (χ4n) is 0.748. The maximum Gasteiger partial charge on any atom is 0.0478 e. The summed E-state index contributed by atoms with van der Waals surface area (Å²) in [5.74, 6) is 2.40. The molecule has 0 fully saturated rings. The molecule has 0 unspecified atom stereocenters. The van der Waals surface area contributed by atoms with E-state index in [0.717, 1.165) is 10.6 Å². The summed E-state index contributed by atoms with van der Waals surface area (Å²) in [7, 11) is 0. The van der Waals surface area contributed by atoms with Gasteiger partial charge < -0.3 is 0 Å². The van der Waals surface area contributed by atoms with E-state index in [1.54, 1.807) is 6.08 Å². The highest BCUT2D eigenvalue weighted by atomic mass is 35.5. The summed E-state index contributed by atoms with van der Waals surface area (Å²) in [6.07, 6.45) is 8.48. The summed E-state index contributed by atoms with van der Waals surface area (Å²) >= 11 is 5.84. The number of allylic oxidation sites excluding steroid dienone is 1. The van der Waals surface area contributed by atoms with E-state index in [9.17, 15) is 0 Å². The number of hydrogen-bond acceptors (Lipinski definition) is 0. The van der Waals surface area contributed by atoms with Crippen LogP contribution in [0, 0.1) is 12.3 Å². The van der Waals surface area contributed by atoms with E-state index in [1.165, 1.54) is 0 Å². The lowest BCUT2D eigenvalue weighted by Gasteiger charge is -1.93. The summed E-state index contributed by atoms with van der Waals surface area (Å²) in [6.45, 7) is 0. The van der Waals surface area contributed by atoms with Crippen LogP contribution in [-0.2, 0) is 0 Å². The Morgan fingerprint density at radius 3 is 2.73 bits per heavy atom. The van der Waals surface area contributed by atoms with Crippen molar-refractivity contribution >= 4 is 17.7 Å². The smallest absolute Gasteiger partial charge is 0.0478 e. The predicted molar refractivity (Wildman–Crippen MR) is 49.3 cm³/mol. The van der Waals surface area contributed by atoms with Crippen LogP contribution in [0.5, 0.6) is 0 Å². The number of rotatable bonds is 1. The van der Waals surface area contributed by atoms with Crippen LogP contribution in [0.2, 0.25) is 5.02 Å². The molecule has 0 aliphatic heterocycles. The molecule has 0 aliphatic carbocycles. The minimum Gasteiger partial charge on any atom is -0.115 e. The Hall–Kier alpha value is -1.19. The topological polar surface area (TPSA) is 0 Å². The van der Waals surface area contributed by atoms with Gasteiger partial charge in [-0.2, -0.15) is 0 Å². The van der Waals surface area contributed by atoms with E-state index in [1.807, 2.05) is 30.3 Å². The molecule has 0 N–H and O–H groups in total. The quantitative estimate of drug-likeness (QED) is 0.557. The van der Waals surface area contributed by atoms with Crippen LogP contribution in [0.3, 0.4) is 0 Å². The predicted octanol–water partition coefficient (Wildman–Crippen LogP) is 2.99. The van der Waals surface area contributed by atoms with Crippen molar-refractivity contribution in [2.45, 2.75) is 0 Å². The second-order valence-corrected chi connectivity index (χ2v) is 2.43. The standard InChI is InChI=1S/C10H7Cl/c1-2-3-6-9-7-4-5-8-10(9)11/h1,3-8H. The van der Waals surface area contributed by atoms with Crippen molar-refractivity contribution in [2.75, 3.05) is 0 Å². The molecule has 0 atom stereocenters. The minimum absolute atomic E-state index is 0.721. The van der Waals surface area contributed by atoms with Crippen molar-refractivity contribution in [3.63, 3.8) is 0 Å². The van der Waals surface area contributed by atoms with Gasteiger partial charge in [-0.15, -0.1) is 6.42 Å². The van der Waals surface area contributed by atoms with E-state index in [-0.39, 0.29) is 0 Å². The van der Waals surface area contributed by atoms with Crippen molar-refractivity contribution < 1.29 is 0 Å². The zero-order valence-electron chi connectivity index (χ0n) is 5.92. The van der Waals surface area contributed by atoms with E-state index >= 15 is 0 Å². The normalized spacial score (nSPS) is 9.82. The van der Waals surface area contributed by atoms with Gasteiger partial charge >= 0.3 is 0 Å². The first kappa shape index (κ1) is 7.91. The zero-order chi connectivity index (χ0) is 8.10. The van der Waals surface area contributed by atoms with Gasteiger partial charge in [0.05, 0.1) is 0 Å². The van der Waals surface area contributed by atoms with Gasteiger partial charge in [-0.3, -0.25) is 0 Å². The van der Waals surface area contributed by atoms with Crippen LogP contribution in [0.4, 0.5) is 0 Å². The molecule has 0 amide bonds. The molecule has 11 heavy (non-hydrogen) atoms. The fourth-order valence-corrected chi connectivity index (χ4v) is 0.947. The highest BCUT2D eigenvalue weighted by Crippen LogP contribution is 2.15. The van der Waals surface area contributed by atoms with Crippen LogP contribution in [0.15, 0.2) is 30.3 Å².